The summed E-state index contributed by atoms with van der Waals surface area (Å²) < 4.78 is 36.8. The second-order valence-corrected chi connectivity index (χ2v) is 5.50. The molecule has 0 saturated carbocycles. The fourth-order valence-corrected chi connectivity index (χ4v) is 2.43. The first-order valence-electron chi connectivity index (χ1n) is 6.64. The molecule has 0 radical (unpaired) electrons. The molecule has 2 atom stereocenters. The van der Waals surface area contributed by atoms with Gasteiger partial charge in [0.1, 0.15) is 0 Å². The molecule has 0 aromatic heterocycles. The zero-order valence-corrected chi connectivity index (χ0v) is 11.5. The first-order valence-corrected chi connectivity index (χ1v) is 6.64. The van der Waals surface area contributed by atoms with E-state index in [1.807, 2.05) is 18.7 Å². The van der Waals surface area contributed by atoms with Gasteiger partial charge in [-0.2, -0.15) is 13.2 Å². The summed E-state index contributed by atoms with van der Waals surface area (Å²) in [6.07, 6.45) is -4.15. The fourth-order valence-electron chi connectivity index (χ4n) is 2.43. The highest BCUT2D eigenvalue weighted by Gasteiger charge is 2.34. The van der Waals surface area contributed by atoms with Crippen LogP contribution < -0.4 is 5.73 Å². The number of piperazine rings is 1. The molecule has 0 bridgehead atoms. The summed E-state index contributed by atoms with van der Waals surface area (Å²) in [5, 5.41) is 9.43. The molecule has 4 nitrogen and oxygen atoms in total. The molecule has 0 aliphatic carbocycles. The van der Waals surface area contributed by atoms with Gasteiger partial charge in [0, 0.05) is 38.3 Å². The Morgan fingerprint density at radius 2 is 1.68 bits per heavy atom. The van der Waals surface area contributed by atoms with Crippen LogP contribution in [0.2, 0.25) is 0 Å². The van der Waals surface area contributed by atoms with E-state index in [1.54, 1.807) is 0 Å². The average Bonchev–Trinajstić information content (AvgIpc) is 2.30. The summed E-state index contributed by atoms with van der Waals surface area (Å²) in [6, 6.07) is -0.341. The van der Waals surface area contributed by atoms with Crippen LogP contribution in [0.4, 0.5) is 13.2 Å². The van der Waals surface area contributed by atoms with Gasteiger partial charge in [-0.1, -0.05) is 13.8 Å². The minimum atomic E-state index is -4.15. The summed E-state index contributed by atoms with van der Waals surface area (Å²) in [6.45, 7) is 4.80. The van der Waals surface area contributed by atoms with Crippen LogP contribution in [0.1, 0.15) is 13.8 Å². The van der Waals surface area contributed by atoms with Crippen molar-refractivity contribution in [1.29, 1.82) is 0 Å². The van der Waals surface area contributed by atoms with E-state index in [2.05, 4.69) is 0 Å². The van der Waals surface area contributed by atoms with Crippen molar-refractivity contribution < 1.29 is 18.3 Å². The van der Waals surface area contributed by atoms with Crippen LogP contribution in [0.3, 0.4) is 0 Å². The Balaban J connectivity index is 2.48. The van der Waals surface area contributed by atoms with Gasteiger partial charge in [0.2, 0.25) is 0 Å². The Kier molecular flexibility index (Phi) is 6.04. The number of alkyl halides is 3. The van der Waals surface area contributed by atoms with Crippen LogP contribution in [0.15, 0.2) is 0 Å². The van der Waals surface area contributed by atoms with Crippen molar-refractivity contribution in [3.8, 4) is 0 Å². The van der Waals surface area contributed by atoms with Crippen LogP contribution >= 0.6 is 0 Å². The highest BCUT2D eigenvalue weighted by atomic mass is 19.4. The predicted molar refractivity (Wildman–Crippen MR) is 67.8 cm³/mol. The molecular weight excluding hydrogens is 259 g/mol. The highest BCUT2D eigenvalue weighted by molar-refractivity contribution is 4.87. The van der Waals surface area contributed by atoms with Crippen LogP contribution in [-0.2, 0) is 0 Å². The summed E-state index contributed by atoms with van der Waals surface area (Å²) >= 11 is 0. The number of rotatable bonds is 5. The van der Waals surface area contributed by atoms with Crippen molar-refractivity contribution >= 4 is 0 Å². The zero-order chi connectivity index (χ0) is 14.6. The zero-order valence-electron chi connectivity index (χ0n) is 11.5. The smallest absolute Gasteiger partial charge is 0.395 e. The van der Waals surface area contributed by atoms with Gasteiger partial charge >= 0.3 is 6.18 Å². The molecule has 19 heavy (non-hydrogen) atoms. The summed E-state index contributed by atoms with van der Waals surface area (Å²) in [4.78, 5) is 3.39. The van der Waals surface area contributed by atoms with Gasteiger partial charge in [-0.3, -0.25) is 9.80 Å². The second-order valence-electron chi connectivity index (χ2n) is 5.50. The van der Waals surface area contributed by atoms with E-state index < -0.39 is 12.7 Å². The first kappa shape index (κ1) is 16.7. The van der Waals surface area contributed by atoms with E-state index >= 15 is 0 Å². The molecule has 1 aliphatic heterocycles. The number of aliphatic hydroxyl groups excluding tert-OH is 1. The number of nitrogens with zero attached hydrogens (tertiary/aromatic N) is 2. The summed E-state index contributed by atoms with van der Waals surface area (Å²) in [5.74, 6) is 0.227. The third kappa shape index (κ3) is 5.25. The molecule has 1 heterocycles. The van der Waals surface area contributed by atoms with E-state index in [4.69, 9.17) is 5.73 Å². The van der Waals surface area contributed by atoms with Gasteiger partial charge < -0.3 is 10.8 Å². The van der Waals surface area contributed by atoms with Gasteiger partial charge in [-0.15, -0.1) is 0 Å². The van der Waals surface area contributed by atoms with Crippen molar-refractivity contribution in [3.05, 3.63) is 0 Å². The molecule has 0 spiro atoms. The van der Waals surface area contributed by atoms with Crippen LogP contribution in [0.5, 0.6) is 0 Å². The van der Waals surface area contributed by atoms with Gasteiger partial charge in [0.25, 0.3) is 0 Å². The molecule has 114 valence electrons. The maximum atomic E-state index is 12.3. The molecule has 1 fully saturated rings. The Bertz CT molecular complexity index is 265. The van der Waals surface area contributed by atoms with Crippen molar-refractivity contribution in [1.82, 2.24) is 9.80 Å². The Morgan fingerprint density at radius 3 is 2.05 bits per heavy atom. The monoisotopic (exact) mass is 283 g/mol. The predicted octanol–water partition coefficient (Wildman–Crippen LogP) is 0.510. The van der Waals surface area contributed by atoms with Gasteiger partial charge in [0.15, 0.2) is 0 Å². The van der Waals surface area contributed by atoms with Gasteiger partial charge in [-0.05, 0) is 5.92 Å². The Hall–Kier alpha value is -0.370. The maximum Gasteiger partial charge on any atom is 0.401 e. The van der Waals surface area contributed by atoms with E-state index in [-0.39, 0.29) is 24.6 Å². The largest absolute Gasteiger partial charge is 0.401 e. The summed E-state index contributed by atoms with van der Waals surface area (Å²) in [7, 11) is 0. The third-order valence-corrected chi connectivity index (χ3v) is 3.68. The lowest BCUT2D eigenvalue weighted by atomic mass is 9.96. The van der Waals surface area contributed by atoms with Crippen LogP contribution in [0, 0.1) is 5.92 Å². The van der Waals surface area contributed by atoms with Crippen molar-refractivity contribution in [2.75, 3.05) is 39.3 Å². The van der Waals surface area contributed by atoms with Crippen molar-refractivity contribution in [2.45, 2.75) is 32.1 Å². The van der Waals surface area contributed by atoms with Gasteiger partial charge in [0.05, 0.1) is 13.2 Å². The summed E-state index contributed by atoms with van der Waals surface area (Å²) in [5.41, 5.74) is 6.04. The van der Waals surface area contributed by atoms with E-state index in [1.165, 1.54) is 4.90 Å². The van der Waals surface area contributed by atoms with E-state index in [9.17, 15) is 18.3 Å². The van der Waals surface area contributed by atoms with Crippen molar-refractivity contribution in [2.24, 2.45) is 11.7 Å². The second kappa shape index (κ2) is 6.88. The lowest BCUT2D eigenvalue weighted by Crippen LogP contribution is -2.58. The molecule has 1 rings (SSSR count). The molecular formula is C12H24F3N3O. The van der Waals surface area contributed by atoms with Crippen LogP contribution in [-0.4, -0.2) is 72.5 Å². The molecule has 0 aromatic rings. The normalized spacial score (nSPS) is 22.7. The molecule has 7 heteroatoms. The first-order chi connectivity index (χ1) is 8.74. The number of halogens is 3. The van der Waals surface area contributed by atoms with Crippen molar-refractivity contribution in [3.63, 3.8) is 0 Å². The van der Waals surface area contributed by atoms with E-state index in [0.29, 0.717) is 26.2 Å². The lowest BCUT2D eigenvalue weighted by Gasteiger charge is -2.41. The standard InChI is InChI=1S/C12H24F3N3O/c1-9(2)11(16)10(7-19)18-5-3-17(4-6-18)8-12(13,14)15/h9-11,19H,3-8,16H2,1-2H3. The number of nitrogens with two attached hydrogens (primary N) is 1. The molecule has 1 aliphatic rings. The average molecular weight is 283 g/mol. The Morgan fingerprint density at radius 1 is 1.16 bits per heavy atom. The SMILES string of the molecule is CC(C)C(N)C(CO)N1CCN(CC(F)(F)F)CC1. The molecule has 2 unspecified atom stereocenters. The quantitative estimate of drug-likeness (QED) is 0.772. The highest BCUT2D eigenvalue weighted by Crippen LogP contribution is 2.19. The molecule has 0 amide bonds. The number of hydrogen-bond acceptors (Lipinski definition) is 4. The minimum absolute atomic E-state index is 0.0569. The minimum Gasteiger partial charge on any atom is -0.395 e. The Labute approximate surface area is 112 Å². The lowest BCUT2D eigenvalue weighted by molar-refractivity contribution is -0.150. The van der Waals surface area contributed by atoms with Gasteiger partial charge in [-0.25, -0.2) is 0 Å². The number of aliphatic hydroxyl groups is 1. The number of hydrogen-bond donors (Lipinski definition) is 2. The molecule has 3 N–H and O–H groups in total. The molecule has 1 saturated heterocycles. The topological polar surface area (TPSA) is 52.7 Å². The van der Waals surface area contributed by atoms with Crippen LogP contribution in [0.25, 0.3) is 0 Å². The molecule has 0 aromatic carbocycles. The third-order valence-electron chi connectivity index (χ3n) is 3.68. The maximum absolute atomic E-state index is 12.3. The van der Waals surface area contributed by atoms with E-state index in [0.717, 1.165) is 0 Å². The fraction of sp³-hybridized carbons (Fsp3) is 1.00.